The average Bonchev–Trinajstić information content (AvgIpc) is 2.16. The van der Waals surface area contributed by atoms with Gasteiger partial charge in [0.2, 0.25) is 0 Å². The fourth-order valence-corrected chi connectivity index (χ4v) is 1.66. The molecule has 1 aromatic rings. The molecule has 0 fully saturated rings. The highest BCUT2D eigenvalue weighted by Crippen LogP contribution is 2.33. The minimum absolute atomic E-state index is 0.372. The fourth-order valence-electron chi connectivity index (χ4n) is 1.08. The second kappa shape index (κ2) is 5.59. The van der Waals surface area contributed by atoms with Crippen molar-refractivity contribution in [3.63, 3.8) is 0 Å². The van der Waals surface area contributed by atoms with Crippen LogP contribution in [-0.4, -0.2) is 6.54 Å². The lowest BCUT2D eigenvalue weighted by atomic mass is 10.2. The number of alkyl halides is 3. The Morgan fingerprint density at radius 2 is 2.00 bits per heavy atom. The zero-order chi connectivity index (χ0) is 12.2. The summed E-state index contributed by atoms with van der Waals surface area (Å²) in [6.45, 7) is 0.372. The molecule has 16 heavy (non-hydrogen) atoms. The van der Waals surface area contributed by atoms with Gasteiger partial charge in [0, 0.05) is 22.2 Å². The molecule has 0 bridgehead atoms. The first kappa shape index (κ1) is 13.4. The summed E-state index contributed by atoms with van der Waals surface area (Å²) in [5.74, 6) is 0. The maximum absolute atomic E-state index is 12.5. The molecule has 0 heterocycles. The highest BCUT2D eigenvalue weighted by molar-refractivity contribution is 9.10. The van der Waals surface area contributed by atoms with Crippen molar-refractivity contribution in [2.24, 2.45) is 0 Å². The smallest absolute Gasteiger partial charge is 0.381 e. The number of hydrogen-bond acceptors (Lipinski definition) is 1. The summed E-state index contributed by atoms with van der Waals surface area (Å²) < 4.78 is 37.7. The maximum atomic E-state index is 12.5. The summed E-state index contributed by atoms with van der Waals surface area (Å²) in [6.07, 6.45) is -2.75. The predicted molar refractivity (Wildman–Crippen MR) is 62.6 cm³/mol. The summed E-state index contributed by atoms with van der Waals surface area (Å²) in [7, 11) is 0. The van der Waals surface area contributed by atoms with Gasteiger partial charge >= 0.3 is 6.18 Å². The van der Waals surface area contributed by atoms with Gasteiger partial charge in [0.25, 0.3) is 0 Å². The summed E-state index contributed by atoms with van der Waals surface area (Å²) in [6, 6.07) is 3.65. The van der Waals surface area contributed by atoms with E-state index >= 15 is 0 Å². The molecule has 0 aromatic heterocycles. The van der Waals surface area contributed by atoms with Gasteiger partial charge in [0.15, 0.2) is 0 Å². The molecular weight excluding hydrogens is 306 g/mol. The molecule has 0 aliphatic heterocycles. The molecule has 1 aromatic carbocycles. The Kier molecular flexibility index (Phi) is 4.68. The van der Waals surface area contributed by atoms with E-state index in [1.165, 1.54) is 5.54 Å². The number of anilines is 1. The molecule has 1 nitrogen and oxygen atoms in total. The number of rotatable bonds is 3. The van der Waals surface area contributed by atoms with Crippen LogP contribution in [0.1, 0.15) is 5.56 Å². The molecule has 0 radical (unpaired) electrons. The zero-order valence-electron chi connectivity index (χ0n) is 7.98. The molecular formula is C10H8BrClF3N. The van der Waals surface area contributed by atoms with E-state index in [1.807, 2.05) is 0 Å². The Morgan fingerprint density at radius 3 is 2.56 bits per heavy atom. The summed E-state index contributed by atoms with van der Waals surface area (Å²) in [5.41, 5.74) is 0.992. The number of nitrogens with one attached hydrogen (secondary N) is 1. The van der Waals surface area contributed by atoms with E-state index in [-0.39, 0.29) is 0 Å². The molecule has 0 atom stereocenters. The van der Waals surface area contributed by atoms with Crippen molar-refractivity contribution in [3.05, 3.63) is 39.8 Å². The molecule has 0 spiro atoms. The molecule has 88 valence electrons. The van der Waals surface area contributed by atoms with Crippen LogP contribution in [0.3, 0.4) is 0 Å². The van der Waals surface area contributed by atoms with Crippen LogP contribution in [0.2, 0.25) is 0 Å². The molecule has 1 N–H and O–H groups in total. The average molecular weight is 315 g/mol. The summed E-state index contributed by atoms with van der Waals surface area (Å²) in [5, 5.41) is 2.80. The van der Waals surface area contributed by atoms with E-state index in [2.05, 4.69) is 21.2 Å². The largest absolute Gasteiger partial charge is 0.416 e. The Morgan fingerprint density at radius 1 is 1.31 bits per heavy atom. The van der Waals surface area contributed by atoms with Crippen molar-refractivity contribution in [1.82, 2.24) is 0 Å². The van der Waals surface area contributed by atoms with Gasteiger partial charge in [0.1, 0.15) is 0 Å². The summed E-state index contributed by atoms with van der Waals surface area (Å²) in [4.78, 5) is 0. The van der Waals surface area contributed by atoms with Gasteiger partial charge in [-0.3, -0.25) is 0 Å². The van der Waals surface area contributed by atoms with Gasteiger partial charge in [-0.1, -0.05) is 33.6 Å². The van der Waals surface area contributed by atoms with Gasteiger partial charge in [-0.15, -0.1) is 0 Å². The molecule has 0 amide bonds. The van der Waals surface area contributed by atoms with Crippen LogP contribution in [0, 0.1) is 0 Å². The van der Waals surface area contributed by atoms with E-state index in [0.29, 0.717) is 16.7 Å². The first-order chi connectivity index (χ1) is 7.43. The van der Waals surface area contributed by atoms with Crippen molar-refractivity contribution in [3.8, 4) is 0 Å². The number of halogens is 5. The molecule has 0 unspecified atom stereocenters. The standard InChI is InChI=1S/C10H8BrClF3N/c11-8-4-7(10(13,14)15)5-9(6-8)16-3-1-2-12/h1-2,4-6,16H,3H2/b2-1+. The van der Waals surface area contributed by atoms with Crippen LogP contribution in [0.4, 0.5) is 18.9 Å². The fraction of sp³-hybridized carbons (Fsp3) is 0.200. The lowest BCUT2D eigenvalue weighted by Gasteiger charge is -2.10. The lowest BCUT2D eigenvalue weighted by molar-refractivity contribution is -0.137. The Balaban J connectivity index is 2.90. The van der Waals surface area contributed by atoms with Crippen LogP contribution in [0.25, 0.3) is 0 Å². The maximum Gasteiger partial charge on any atom is 0.416 e. The Hall–Kier alpha value is -0.680. The first-order valence-corrected chi connectivity index (χ1v) is 5.53. The molecule has 0 saturated heterocycles. The van der Waals surface area contributed by atoms with Gasteiger partial charge in [0.05, 0.1) is 5.56 Å². The second-order valence-corrected chi connectivity index (χ2v) is 4.14. The van der Waals surface area contributed by atoms with Gasteiger partial charge in [-0.2, -0.15) is 13.2 Å². The van der Waals surface area contributed by atoms with Gasteiger partial charge in [-0.05, 0) is 18.2 Å². The van der Waals surface area contributed by atoms with E-state index in [1.54, 1.807) is 12.1 Å². The minimum Gasteiger partial charge on any atom is -0.381 e. The number of hydrogen-bond donors (Lipinski definition) is 1. The van der Waals surface area contributed by atoms with Crippen molar-refractivity contribution >= 4 is 33.2 Å². The third-order valence-electron chi connectivity index (χ3n) is 1.74. The quantitative estimate of drug-likeness (QED) is 0.857. The van der Waals surface area contributed by atoms with E-state index in [0.717, 1.165) is 12.1 Å². The highest BCUT2D eigenvalue weighted by atomic mass is 79.9. The van der Waals surface area contributed by atoms with Crippen LogP contribution >= 0.6 is 27.5 Å². The van der Waals surface area contributed by atoms with Gasteiger partial charge in [-0.25, -0.2) is 0 Å². The van der Waals surface area contributed by atoms with Crippen molar-refractivity contribution in [2.75, 3.05) is 11.9 Å². The first-order valence-electron chi connectivity index (χ1n) is 4.30. The van der Waals surface area contributed by atoms with Crippen LogP contribution in [0.15, 0.2) is 34.3 Å². The lowest BCUT2D eigenvalue weighted by Crippen LogP contribution is -2.06. The monoisotopic (exact) mass is 313 g/mol. The SMILES string of the molecule is FC(F)(F)c1cc(Br)cc(NC/C=C/Cl)c1. The third kappa shape index (κ3) is 4.06. The third-order valence-corrected chi connectivity index (χ3v) is 2.37. The van der Waals surface area contributed by atoms with E-state index in [4.69, 9.17) is 11.6 Å². The van der Waals surface area contributed by atoms with Crippen molar-refractivity contribution < 1.29 is 13.2 Å². The van der Waals surface area contributed by atoms with Gasteiger partial charge < -0.3 is 5.32 Å². The van der Waals surface area contributed by atoms with E-state index < -0.39 is 11.7 Å². The van der Waals surface area contributed by atoms with Crippen LogP contribution in [-0.2, 0) is 6.18 Å². The van der Waals surface area contributed by atoms with Crippen molar-refractivity contribution in [1.29, 1.82) is 0 Å². The van der Waals surface area contributed by atoms with Crippen molar-refractivity contribution in [2.45, 2.75) is 6.18 Å². The van der Waals surface area contributed by atoms with Crippen LogP contribution in [0.5, 0.6) is 0 Å². The summed E-state index contributed by atoms with van der Waals surface area (Å²) >= 11 is 8.32. The molecule has 0 aliphatic rings. The molecule has 0 aliphatic carbocycles. The van der Waals surface area contributed by atoms with Crippen LogP contribution < -0.4 is 5.32 Å². The normalized spacial score (nSPS) is 12.1. The molecule has 1 rings (SSSR count). The molecule has 6 heteroatoms. The topological polar surface area (TPSA) is 12.0 Å². The zero-order valence-corrected chi connectivity index (χ0v) is 10.3. The number of benzene rings is 1. The predicted octanol–water partition coefficient (Wildman–Crippen LogP) is 4.63. The minimum atomic E-state index is -4.34. The molecule has 0 saturated carbocycles. The Bertz CT molecular complexity index is 390. The van der Waals surface area contributed by atoms with E-state index in [9.17, 15) is 13.2 Å². The highest BCUT2D eigenvalue weighted by Gasteiger charge is 2.30. The Labute approximate surface area is 104 Å². The second-order valence-electron chi connectivity index (χ2n) is 2.97.